The number of aliphatic hydroxyl groups is 2. The Labute approximate surface area is 159 Å². The maximum absolute atomic E-state index is 11.4. The minimum Gasteiger partial charge on any atom is -0.463 e. The fraction of sp³-hybridized carbons (Fsp3) is 0.810. The summed E-state index contributed by atoms with van der Waals surface area (Å²) in [6, 6.07) is 2.18. The summed E-state index contributed by atoms with van der Waals surface area (Å²) in [7, 11) is 0. The van der Waals surface area contributed by atoms with Crippen LogP contribution in [-0.4, -0.2) is 35.5 Å². The molecule has 0 aromatic rings. The Bertz CT molecular complexity index is 390. The molecule has 1 atom stereocenters. The van der Waals surface area contributed by atoms with Crippen molar-refractivity contribution in [3.05, 3.63) is 12.2 Å². The van der Waals surface area contributed by atoms with Crippen LogP contribution in [0.2, 0.25) is 0 Å². The monoisotopic (exact) mass is 367 g/mol. The Morgan fingerprint density at radius 1 is 0.923 bits per heavy atom. The van der Waals surface area contributed by atoms with Gasteiger partial charge in [-0.15, -0.1) is 0 Å². The number of carbonyl (C=O) groups excluding carboxylic acids is 1. The average molecular weight is 368 g/mol. The van der Waals surface area contributed by atoms with Crippen LogP contribution in [0, 0.1) is 11.3 Å². The van der Waals surface area contributed by atoms with Crippen molar-refractivity contribution in [1.82, 2.24) is 0 Å². The first kappa shape index (κ1) is 24.6. The molecule has 0 spiro atoms. The second-order valence-electron chi connectivity index (χ2n) is 6.76. The van der Waals surface area contributed by atoms with Crippen molar-refractivity contribution in [1.29, 1.82) is 5.26 Å². The van der Waals surface area contributed by atoms with Crippen molar-refractivity contribution in [3.63, 3.8) is 0 Å². The number of aliphatic hydroxyl groups excluding tert-OH is 2. The molecule has 0 amide bonds. The van der Waals surface area contributed by atoms with Gasteiger partial charge in [0.15, 0.2) is 0 Å². The molecule has 5 nitrogen and oxygen atoms in total. The maximum Gasteiger partial charge on any atom is 0.305 e. The van der Waals surface area contributed by atoms with E-state index in [4.69, 9.17) is 20.2 Å². The molecule has 0 bridgehead atoms. The number of nitriles is 1. The quantitative estimate of drug-likeness (QED) is 0.212. The average Bonchev–Trinajstić information content (AvgIpc) is 2.65. The molecule has 0 rings (SSSR count). The Balaban J connectivity index is 3.23. The van der Waals surface area contributed by atoms with Gasteiger partial charge in [0.2, 0.25) is 0 Å². The van der Waals surface area contributed by atoms with E-state index in [-0.39, 0.29) is 19.2 Å². The van der Waals surface area contributed by atoms with E-state index in [0.717, 1.165) is 38.5 Å². The number of hydrogen-bond acceptors (Lipinski definition) is 5. The van der Waals surface area contributed by atoms with Gasteiger partial charge < -0.3 is 14.9 Å². The summed E-state index contributed by atoms with van der Waals surface area (Å²) < 4.78 is 4.85. The zero-order chi connectivity index (χ0) is 19.3. The van der Waals surface area contributed by atoms with Crippen LogP contribution in [0.5, 0.6) is 0 Å². The molecule has 0 heterocycles. The minimum absolute atomic E-state index is 0.122. The van der Waals surface area contributed by atoms with Gasteiger partial charge in [0.25, 0.3) is 0 Å². The van der Waals surface area contributed by atoms with E-state index >= 15 is 0 Å². The molecule has 0 aliphatic rings. The topological polar surface area (TPSA) is 90.6 Å². The van der Waals surface area contributed by atoms with Gasteiger partial charge in [-0.3, -0.25) is 4.79 Å². The molecular formula is C21H37NO4. The number of carbonyl (C=O) groups is 1. The lowest BCUT2D eigenvalue weighted by Crippen LogP contribution is -2.21. The van der Waals surface area contributed by atoms with Crippen molar-refractivity contribution in [3.8, 4) is 6.07 Å². The maximum atomic E-state index is 11.4. The minimum atomic E-state index is -0.971. The van der Waals surface area contributed by atoms with Crippen LogP contribution in [0.3, 0.4) is 0 Å². The number of ether oxygens (including phenoxy) is 1. The van der Waals surface area contributed by atoms with E-state index < -0.39 is 6.10 Å². The molecule has 0 aliphatic carbocycles. The third-order valence-electron chi connectivity index (χ3n) is 4.23. The lowest BCUT2D eigenvalue weighted by Gasteiger charge is -2.08. The van der Waals surface area contributed by atoms with Crippen LogP contribution < -0.4 is 0 Å². The molecule has 0 aromatic carbocycles. The number of esters is 1. The number of hydrogen-bond donors (Lipinski definition) is 2. The molecule has 1 unspecified atom stereocenters. The molecule has 0 aromatic heterocycles. The van der Waals surface area contributed by atoms with E-state index in [1.807, 2.05) is 0 Å². The highest BCUT2D eigenvalue weighted by atomic mass is 16.5. The van der Waals surface area contributed by atoms with Gasteiger partial charge in [-0.2, -0.15) is 5.26 Å². The Hall–Kier alpha value is -1.38. The van der Waals surface area contributed by atoms with E-state index in [9.17, 15) is 4.79 Å². The molecule has 26 heavy (non-hydrogen) atoms. The van der Waals surface area contributed by atoms with Crippen molar-refractivity contribution in [2.75, 3.05) is 13.2 Å². The zero-order valence-electron chi connectivity index (χ0n) is 16.2. The van der Waals surface area contributed by atoms with Crippen LogP contribution in [0.15, 0.2) is 12.2 Å². The second-order valence-corrected chi connectivity index (χ2v) is 6.76. The van der Waals surface area contributed by atoms with E-state index in [0.29, 0.717) is 12.8 Å². The van der Waals surface area contributed by atoms with Gasteiger partial charge in [-0.05, 0) is 38.5 Å². The number of allylic oxidation sites excluding steroid dienone is 2. The van der Waals surface area contributed by atoms with Crippen molar-refractivity contribution >= 4 is 5.97 Å². The van der Waals surface area contributed by atoms with E-state index in [1.165, 1.54) is 38.5 Å². The van der Waals surface area contributed by atoms with Crippen LogP contribution in [0.1, 0.15) is 89.9 Å². The summed E-state index contributed by atoms with van der Waals surface area (Å²) in [4.78, 5) is 11.4. The first-order chi connectivity index (χ1) is 12.7. The largest absolute Gasteiger partial charge is 0.463 e. The van der Waals surface area contributed by atoms with Crippen LogP contribution in [-0.2, 0) is 9.53 Å². The SMILES string of the molecule is N#CCCCCCCC/C=C\CCCCCCCC(=O)OCC(O)CO. The number of rotatable bonds is 18. The molecule has 0 saturated carbocycles. The smallest absolute Gasteiger partial charge is 0.305 e. The van der Waals surface area contributed by atoms with Crippen molar-refractivity contribution < 1.29 is 19.7 Å². The lowest BCUT2D eigenvalue weighted by atomic mass is 10.1. The Morgan fingerprint density at radius 3 is 2.04 bits per heavy atom. The molecular weight excluding hydrogens is 330 g/mol. The predicted octanol–water partition coefficient (Wildman–Crippen LogP) is 4.42. The predicted molar refractivity (Wildman–Crippen MR) is 103 cm³/mol. The molecule has 150 valence electrons. The highest BCUT2D eigenvalue weighted by molar-refractivity contribution is 5.69. The molecule has 2 N–H and O–H groups in total. The summed E-state index contributed by atoms with van der Waals surface area (Å²) in [6.45, 7) is -0.506. The van der Waals surface area contributed by atoms with Gasteiger partial charge in [0.05, 0.1) is 12.7 Å². The second kappa shape index (κ2) is 19.9. The van der Waals surface area contributed by atoms with Gasteiger partial charge in [-0.1, -0.05) is 50.7 Å². The summed E-state index contributed by atoms with van der Waals surface area (Å²) in [5, 5.41) is 26.1. The van der Waals surface area contributed by atoms with Crippen molar-refractivity contribution in [2.24, 2.45) is 0 Å². The molecule has 5 heteroatoms. The molecule has 0 radical (unpaired) electrons. The fourth-order valence-electron chi connectivity index (χ4n) is 2.61. The third-order valence-corrected chi connectivity index (χ3v) is 4.23. The van der Waals surface area contributed by atoms with E-state index in [2.05, 4.69) is 18.2 Å². The summed E-state index contributed by atoms with van der Waals surface area (Å²) in [6.07, 6.45) is 18.3. The van der Waals surface area contributed by atoms with Gasteiger partial charge in [-0.25, -0.2) is 0 Å². The van der Waals surface area contributed by atoms with Crippen LogP contribution in [0.4, 0.5) is 0 Å². The zero-order valence-corrected chi connectivity index (χ0v) is 16.2. The van der Waals surface area contributed by atoms with Gasteiger partial charge >= 0.3 is 5.97 Å². The summed E-state index contributed by atoms with van der Waals surface area (Å²) >= 11 is 0. The van der Waals surface area contributed by atoms with E-state index in [1.54, 1.807) is 0 Å². The van der Waals surface area contributed by atoms with Crippen molar-refractivity contribution in [2.45, 2.75) is 96.0 Å². The number of unbranched alkanes of at least 4 members (excludes halogenated alkanes) is 11. The Kier molecular flexibility index (Phi) is 18.9. The molecule has 0 fully saturated rings. The summed E-state index contributed by atoms with van der Waals surface area (Å²) in [5.41, 5.74) is 0. The van der Waals surface area contributed by atoms with Gasteiger partial charge in [0.1, 0.15) is 12.7 Å². The normalized spacial score (nSPS) is 12.2. The first-order valence-corrected chi connectivity index (χ1v) is 10.2. The number of nitrogens with zero attached hydrogens (tertiary/aromatic N) is 1. The third kappa shape index (κ3) is 19.0. The lowest BCUT2D eigenvalue weighted by molar-refractivity contribution is -0.147. The van der Waals surface area contributed by atoms with Crippen LogP contribution in [0.25, 0.3) is 0 Å². The summed E-state index contributed by atoms with van der Waals surface area (Å²) in [5.74, 6) is -0.300. The molecule has 0 aliphatic heterocycles. The highest BCUT2D eigenvalue weighted by Crippen LogP contribution is 2.10. The fourth-order valence-corrected chi connectivity index (χ4v) is 2.61. The van der Waals surface area contributed by atoms with Gasteiger partial charge in [0, 0.05) is 12.8 Å². The standard InChI is InChI=1S/C21H37NO4/c22-17-15-13-11-9-7-5-3-1-2-4-6-8-10-12-14-16-21(25)26-19-20(24)18-23/h1-2,20,23-24H,3-16,18-19H2/b2-1-. The molecule has 0 saturated heterocycles. The van der Waals surface area contributed by atoms with Crippen LogP contribution >= 0.6 is 0 Å². The first-order valence-electron chi connectivity index (χ1n) is 10.2. The Morgan fingerprint density at radius 2 is 1.46 bits per heavy atom. The highest BCUT2D eigenvalue weighted by Gasteiger charge is 2.07.